The number of nitrogens with two attached hydrogens (primary N) is 1. The predicted octanol–water partition coefficient (Wildman–Crippen LogP) is -0.378. The number of nitrogens with one attached hydrogen (secondary N) is 1. The van der Waals surface area contributed by atoms with E-state index in [0.29, 0.717) is 19.2 Å². The van der Waals surface area contributed by atoms with Crippen LogP contribution in [0.1, 0.15) is 19.3 Å². The average Bonchev–Trinajstić information content (AvgIpc) is 2.73. The van der Waals surface area contributed by atoms with Crippen LogP contribution in [0.5, 0.6) is 0 Å². The molecule has 0 aromatic heterocycles. The van der Waals surface area contributed by atoms with Crippen molar-refractivity contribution in [3.05, 3.63) is 0 Å². The van der Waals surface area contributed by atoms with E-state index < -0.39 is 0 Å². The summed E-state index contributed by atoms with van der Waals surface area (Å²) in [5, 5.41) is 0. The molecule has 2 heterocycles. The molecule has 1 unspecified atom stereocenters. The van der Waals surface area contributed by atoms with Gasteiger partial charge in [-0.2, -0.15) is 0 Å². The van der Waals surface area contributed by atoms with E-state index >= 15 is 0 Å². The molecular weight excluding hydrogens is 230 g/mol. The number of hydrogen-bond acceptors (Lipinski definition) is 4. The maximum absolute atomic E-state index is 5.60. The molecule has 0 amide bonds. The summed E-state index contributed by atoms with van der Waals surface area (Å²) in [6.45, 7) is 5.82. The Balaban J connectivity index is 1.94. The standard InChI is InChI=1S/C12H25N5O/c1-18-9-5-14-12(15-13)17-8-3-7-16-6-2-4-11(16)10-17/h11H,2-10,13H2,1H3,(H,14,15). The molecule has 0 saturated carbocycles. The van der Waals surface area contributed by atoms with Gasteiger partial charge in [0.25, 0.3) is 0 Å². The Morgan fingerprint density at radius 1 is 1.39 bits per heavy atom. The van der Waals surface area contributed by atoms with Gasteiger partial charge in [-0.25, -0.2) is 10.8 Å². The van der Waals surface area contributed by atoms with E-state index in [9.17, 15) is 0 Å². The zero-order valence-corrected chi connectivity index (χ0v) is 11.3. The summed E-state index contributed by atoms with van der Waals surface area (Å²) in [6, 6.07) is 0.675. The van der Waals surface area contributed by atoms with Crippen molar-refractivity contribution in [2.24, 2.45) is 10.8 Å². The van der Waals surface area contributed by atoms with E-state index in [1.54, 1.807) is 7.11 Å². The van der Waals surface area contributed by atoms with Gasteiger partial charge in [0.1, 0.15) is 0 Å². The van der Waals surface area contributed by atoms with Gasteiger partial charge in [0.2, 0.25) is 5.96 Å². The Bertz CT molecular complexity index is 284. The van der Waals surface area contributed by atoms with Crippen molar-refractivity contribution in [3.8, 4) is 0 Å². The molecule has 6 heteroatoms. The van der Waals surface area contributed by atoms with Gasteiger partial charge in [-0.1, -0.05) is 0 Å². The van der Waals surface area contributed by atoms with E-state index in [2.05, 4.69) is 20.2 Å². The number of hydrazine groups is 1. The smallest absolute Gasteiger partial charge is 0.208 e. The van der Waals surface area contributed by atoms with Gasteiger partial charge < -0.3 is 9.64 Å². The molecule has 0 aliphatic carbocycles. The van der Waals surface area contributed by atoms with Crippen LogP contribution in [-0.2, 0) is 4.74 Å². The van der Waals surface area contributed by atoms with Crippen LogP contribution in [0.3, 0.4) is 0 Å². The molecule has 3 N–H and O–H groups in total. The zero-order valence-electron chi connectivity index (χ0n) is 11.3. The average molecular weight is 255 g/mol. The van der Waals surface area contributed by atoms with E-state index in [1.807, 2.05) is 0 Å². The number of nitrogens with zero attached hydrogens (tertiary/aromatic N) is 3. The van der Waals surface area contributed by atoms with Crippen LogP contribution in [-0.4, -0.2) is 68.2 Å². The Labute approximate surface area is 109 Å². The minimum Gasteiger partial charge on any atom is -0.383 e. The summed E-state index contributed by atoms with van der Waals surface area (Å²) in [5.41, 5.74) is 2.74. The van der Waals surface area contributed by atoms with Crippen molar-refractivity contribution in [2.75, 3.05) is 46.4 Å². The van der Waals surface area contributed by atoms with E-state index in [4.69, 9.17) is 10.6 Å². The van der Waals surface area contributed by atoms with Gasteiger partial charge in [0, 0.05) is 32.8 Å². The third kappa shape index (κ3) is 3.34. The minimum absolute atomic E-state index is 0.634. The van der Waals surface area contributed by atoms with Crippen molar-refractivity contribution in [1.82, 2.24) is 15.2 Å². The van der Waals surface area contributed by atoms with Crippen LogP contribution >= 0.6 is 0 Å². The summed E-state index contributed by atoms with van der Waals surface area (Å²) in [6.07, 6.45) is 3.80. The molecule has 2 aliphatic heterocycles. The SMILES string of the molecule is COCCN=C(NN)N1CCCN2CCCC2C1. The molecule has 0 aromatic carbocycles. The molecule has 0 spiro atoms. The number of hydrogen-bond donors (Lipinski definition) is 2. The summed E-state index contributed by atoms with van der Waals surface area (Å²) in [5.74, 6) is 6.40. The summed E-state index contributed by atoms with van der Waals surface area (Å²) in [7, 11) is 1.69. The Morgan fingerprint density at radius 3 is 3.00 bits per heavy atom. The van der Waals surface area contributed by atoms with Crippen molar-refractivity contribution in [2.45, 2.75) is 25.3 Å². The van der Waals surface area contributed by atoms with Crippen molar-refractivity contribution in [1.29, 1.82) is 0 Å². The van der Waals surface area contributed by atoms with Crippen molar-refractivity contribution < 1.29 is 4.74 Å². The van der Waals surface area contributed by atoms with Crippen LogP contribution in [0.2, 0.25) is 0 Å². The van der Waals surface area contributed by atoms with Gasteiger partial charge >= 0.3 is 0 Å². The Morgan fingerprint density at radius 2 is 2.22 bits per heavy atom. The van der Waals surface area contributed by atoms with E-state index in [0.717, 1.165) is 19.0 Å². The highest BCUT2D eigenvalue weighted by molar-refractivity contribution is 5.79. The van der Waals surface area contributed by atoms with Gasteiger partial charge in [-0.15, -0.1) is 0 Å². The zero-order chi connectivity index (χ0) is 12.8. The lowest BCUT2D eigenvalue weighted by Crippen LogP contribution is -2.48. The molecule has 2 aliphatic rings. The summed E-state index contributed by atoms with van der Waals surface area (Å²) in [4.78, 5) is 9.36. The number of fused-ring (bicyclic) bond motifs is 1. The van der Waals surface area contributed by atoms with Crippen LogP contribution in [0.25, 0.3) is 0 Å². The van der Waals surface area contributed by atoms with Gasteiger partial charge in [-0.3, -0.25) is 10.3 Å². The number of aliphatic imine (C=N–C) groups is 1. The first-order valence-corrected chi connectivity index (χ1v) is 6.84. The molecule has 6 nitrogen and oxygen atoms in total. The third-order valence-corrected chi connectivity index (χ3v) is 3.79. The highest BCUT2D eigenvalue weighted by atomic mass is 16.5. The lowest BCUT2D eigenvalue weighted by atomic mass is 10.2. The largest absolute Gasteiger partial charge is 0.383 e. The summed E-state index contributed by atoms with van der Waals surface area (Å²) < 4.78 is 5.02. The fraction of sp³-hybridized carbons (Fsp3) is 0.917. The fourth-order valence-electron chi connectivity index (χ4n) is 2.88. The molecule has 104 valence electrons. The first kappa shape index (κ1) is 13.6. The lowest BCUT2D eigenvalue weighted by Gasteiger charge is -2.27. The number of methoxy groups -OCH3 is 1. The predicted molar refractivity (Wildman–Crippen MR) is 72.3 cm³/mol. The highest BCUT2D eigenvalue weighted by Crippen LogP contribution is 2.21. The highest BCUT2D eigenvalue weighted by Gasteiger charge is 2.29. The maximum Gasteiger partial charge on any atom is 0.208 e. The van der Waals surface area contributed by atoms with Crippen LogP contribution in [0.15, 0.2) is 4.99 Å². The van der Waals surface area contributed by atoms with Crippen molar-refractivity contribution in [3.63, 3.8) is 0 Å². The van der Waals surface area contributed by atoms with E-state index in [1.165, 1.54) is 32.4 Å². The molecule has 0 aromatic rings. The Hall–Kier alpha value is -0.850. The van der Waals surface area contributed by atoms with Crippen LogP contribution in [0, 0.1) is 0 Å². The fourth-order valence-corrected chi connectivity index (χ4v) is 2.88. The third-order valence-electron chi connectivity index (χ3n) is 3.79. The molecular formula is C12H25N5O. The topological polar surface area (TPSA) is 66.1 Å². The Kier molecular flexibility index (Phi) is 5.22. The van der Waals surface area contributed by atoms with Crippen LogP contribution < -0.4 is 11.3 Å². The molecule has 2 fully saturated rings. The molecule has 2 saturated heterocycles. The minimum atomic E-state index is 0.634. The number of rotatable bonds is 3. The first-order chi connectivity index (χ1) is 8.85. The summed E-state index contributed by atoms with van der Waals surface area (Å²) >= 11 is 0. The van der Waals surface area contributed by atoms with Gasteiger partial charge in [0.05, 0.1) is 13.2 Å². The normalized spacial score (nSPS) is 26.0. The maximum atomic E-state index is 5.60. The van der Waals surface area contributed by atoms with E-state index in [-0.39, 0.29) is 0 Å². The van der Waals surface area contributed by atoms with Crippen LogP contribution in [0.4, 0.5) is 0 Å². The number of guanidine groups is 1. The van der Waals surface area contributed by atoms with Gasteiger partial charge in [-0.05, 0) is 25.8 Å². The monoisotopic (exact) mass is 255 g/mol. The number of ether oxygens (including phenoxy) is 1. The first-order valence-electron chi connectivity index (χ1n) is 6.84. The second-order valence-corrected chi connectivity index (χ2v) is 4.97. The molecule has 0 bridgehead atoms. The molecule has 0 radical (unpaired) electrons. The lowest BCUT2D eigenvalue weighted by molar-refractivity contribution is 0.207. The molecule has 2 rings (SSSR count). The molecule has 1 atom stereocenters. The van der Waals surface area contributed by atoms with Crippen molar-refractivity contribution >= 4 is 5.96 Å². The molecule has 18 heavy (non-hydrogen) atoms. The second-order valence-electron chi connectivity index (χ2n) is 4.97. The van der Waals surface area contributed by atoms with Gasteiger partial charge in [0.15, 0.2) is 0 Å². The second kappa shape index (κ2) is 6.92. The quantitative estimate of drug-likeness (QED) is 0.237.